The summed E-state index contributed by atoms with van der Waals surface area (Å²) < 4.78 is 0. The highest BCUT2D eigenvalue weighted by Gasteiger charge is 2.32. The van der Waals surface area contributed by atoms with E-state index in [1.54, 1.807) is 0 Å². The Bertz CT molecular complexity index is 277. The van der Waals surface area contributed by atoms with Crippen LogP contribution >= 0.6 is 11.6 Å². The Morgan fingerprint density at radius 2 is 1.93 bits per heavy atom. The molecule has 0 aliphatic heterocycles. The molecule has 0 radical (unpaired) electrons. The van der Waals surface area contributed by atoms with Gasteiger partial charge in [0.2, 0.25) is 0 Å². The summed E-state index contributed by atoms with van der Waals surface area (Å²) in [6.45, 7) is 2.29. The molecule has 0 nitrogen and oxygen atoms in total. The van der Waals surface area contributed by atoms with E-state index < -0.39 is 0 Å². The van der Waals surface area contributed by atoms with Crippen LogP contribution in [0.2, 0.25) is 0 Å². The van der Waals surface area contributed by atoms with Gasteiger partial charge >= 0.3 is 0 Å². The summed E-state index contributed by atoms with van der Waals surface area (Å²) >= 11 is 6.40. The van der Waals surface area contributed by atoms with Gasteiger partial charge in [-0.05, 0) is 36.7 Å². The van der Waals surface area contributed by atoms with Crippen LogP contribution in [0.25, 0.3) is 0 Å². The van der Waals surface area contributed by atoms with Crippen LogP contribution in [-0.2, 0) is 6.42 Å². The first-order valence-corrected chi connectivity index (χ1v) is 5.89. The summed E-state index contributed by atoms with van der Waals surface area (Å²) in [5.74, 6) is 1.58. The molecule has 0 saturated heterocycles. The monoisotopic (exact) mass is 208 g/mol. The molecular formula is C13H17Cl. The molecule has 1 aliphatic rings. The SMILES string of the molecule is CC(C(Cl)Cc1ccccc1)C1CC1. The van der Waals surface area contributed by atoms with E-state index in [0.29, 0.717) is 11.3 Å². The van der Waals surface area contributed by atoms with Crippen LogP contribution in [0.5, 0.6) is 0 Å². The maximum atomic E-state index is 6.40. The molecule has 0 spiro atoms. The third kappa shape index (κ3) is 2.51. The fraction of sp³-hybridized carbons (Fsp3) is 0.538. The average Bonchev–Trinajstić information content (AvgIpc) is 3.01. The minimum atomic E-state index is 0.310. The van der Waals surface area contributed by atoms with Crippen molar-refractivity contribution in [1.82, 2.24) is 0 Å². The highest BCUT2D eigenvalue weighted by Crippen LogP contribution is 2.40. The molecule has 1 aliphatic carbocycles. The summed E-state index contributed by atoms with van der Waals surface area (Å²) in [6.07, 6.45) is 3.79. The van der Waals surface area contributed by atoms with E-state index in [0.717, 1.165) is 12.3 Å². The van der Waals surface area contributed by atoms with Crippen LogP contribution in [0.3, 0.4) is 0 Å². The predicted molar refractivity (Wildman–Crippen MR) is 61.7 cm³/mol. The lowest BCUT2D eigenvalue weighted by molar-refractivity contribution is 0.478. The van der Waals surface area contributed by atoms with Gasteiger partial charge in [-0.1, -0.05) is 37.3 Å². The lowest BCUT2D eigenvalue weighted by Crippen LogP contribution is -2.16. The van der Waals surface area contributed by atoms with E-state index in [4.69, 9.17) is 11.6 Å². The van der Waals surface area contributed by atoms with Crippen molar-refractivity contribution in [3.8, 4) is 0 Å². The van der Waals surface area contributed by atoms with Crippen molar-refractivity contribution in [1.29, 1.82) is 0 Å². The Morgan fingerprint density at radius 1 is 1.29 bits per heavy atom. The molecule has 1 fully saturated rings. The Morgan fingerprint density at radius 3 is 2.50 bits per heavy atom. The first-order chi connectivity index (χ1) is 6.77. The maximum absolute atomic E-state index is 6.40. The molecule has 1 aromatic carbocycles. The Balaban J connectivity index is 1.90. The van der Waals surface area contributed by atoms with Crippen molar-refractivity contribution in [3.05, 3.63) is 35.9 Å². The van der Waals surface area contributed by atoms with Gasteiger partial charge in [-0.3, -0.25) is 0 Å². The normalized spacial score (nSPS) is 20.4. The van der Waals surface area contributed by atoms with Gasteiger partial charge in [0.1, 0.15) is 0 Å². The molecule has 0 N–H and O–H groups in total. The van der Waals surface area contributed by atoms with Crippen molar-refractivity contribution in [2.24, 2.45) is 11.8 Å². The zero-order valence-electron chi connectivity index (χ0n) is 8.62. The molecule has 0 amide bonds. The minimum Gasteiger partial charge on any atom is -0.122 e. The number of hydrogen-bond donors (Lipinski definition) is 0. The first kappa shape index (κ1) is 10.0. The van der Waals surface area contributed by atoms with Crippen LogP contribution in [-0.4, -0.2) is 5.38 Å². The molecule has 2 atom stereocenters. The number of halogens is 1. The first-order valence-electron chi connectivity index (χ1n) is 5.45. The smallest absolute Gasteiger partial charge is 0.0404 e. The molecule has 14 heavy (non-hydrogen) atoms. The van der Waals surface area contributed by atoms with Crippen molar-refractivity contribution in [2.45, 2.75) is 31.6 Å². The molecular weight excluding hydrogens is 192 g/mol. The highest BCUT2D eigenvalue weighted by atomic mass is 35.5. The van der Waals surface area contributed by atoms with Crippen LogP contribution in [0.1, 0.15) is 25.3 Å². The molecule has 2 rings (SSSR count). The quantitative estimate of drug-likeness (QED) is 0.659. The van der Waals surface area contributed by atoms with E-state index >= 15 is 0 Å². The third-order valence-electron chi connectivity index (χ3n) is 3.21. The maximum Gasteiger partial charge on any atom is 0.0404 e. The van der Waals surface area contributed by atoms with Gasteiger partial charge in [0.25, 0.3) is 0 Å². The van der Waals surface area contributed by atoms with Gasteiger partial charge in [0.05, 0.1) is 0 Å². The number of rotatable bonds is 4. The third-order valence-corrected chi connectivity index (χ3v) is 3.76. The van der Waals surface area contributed by atoms with Gasteiger partial charge < -0.3 is 0 Å². The van der Waals surface area contributed by atoms with Crippen molar-refractivity contribution < 1.29 is 0 Å². The highest BCUT2D eigenvalue weighted by molar-refractivity contribution is 6.20. The van der Waals surface area contributed by atoms with Crippen LogP contribution in [0.4, 0.5) is 0 Å². The molecule has 76 valence electrons. The van der Waals surface area contributed by atoms with E-state index in [-0.39, 0.29) is 0 Å². The fourth-order valence-electron chi connectivity index (χ4n) is 1.94. The second-order valence-electron chi connectivity index (χ2n) is 4.40. The Hall–Kier alpha value is -0.490. The van der Waals surface area contributed by atoms with Crippen molar-refractivity contribution in [3.63, 3.8) is 0 Å². The van der Waals surface area contributed by atoms with Gasteiger partial charge in [0.15, 0.2) is 0 Å². The predicted octanol–water partition coefficient (Wildman–Crippen LogP) is 3.88. The molecule has 0 bridgehead atoms. The van der Waals surface area contributed by atoms with Gasteiger partial charge in [0, 0.05) is 5.38 Å². The Labute approximate surface area is 91.3 Å². The summed E-state index contributed by atoms with van der Waals surface area (Å²) in [7, 11) is 0. The van der Waals surface area contributed by atoms with Crippen molar-refractivity contribution >= 4 is 11.6 Å². The lowest BCUT2D eigenvalue weighted by atomic mass is 9.96. The summed E-state index contributed by atoms with van der Waals surface area (Å²) in [6, 6.07) is 10.5. The second-order valence-corrected chi connectivity index (χ2v) is 4.96. The molecule has 1 heteroatoms. The van der Waals surface area contributed by atoms with Crippen LogP contribution in [0, 0.1) is 11.8 Å². The molecule has 0 aromatic heterocycles. The van der Waals surface area contributed by atoms with E-state index in [2.05, 4.69) is 37.3 Å². The summed E-state index contributed by atoms with van der Waals surface area (Å²) in [5.41, 5.74) is 1.36. The zero-order valence-corrected chi connectivity index (χ0v) is 9.37. The molecule has 1 aromatic rings. The number of hydrogen-bond acceptors (Lipinski definition) is 0. The van der Waals surface area contributed by atoms with E-state index in [1.807, 2.05) is 0 Å². The minimum absolute atomic E-state index is 0.310. The van der Waals surface area contributed by atoms with Gasteiger partial charge in [-0.25, -0.2) is 0 Å². The van der Waals surface area contributed by atoms with Gasteiger partial charge in [-0.15, -0.1) is 11.6 Å². The second kappa shape index (κ2) is 4.35. The van der Waals surface area contributed by atoms with E-state index in [1.165, 1.54) is 18.4 Å². The van der Waals surface area contributed by atoms with E-state index in [9.17, 15) is 0 Å². The number of alkyl halides is 1. The molecule has 1 saturated carbocycles. The zero-order chi connectivity index (χ0) is 9.97. The topological polar surface area (TPSA) is 0 Å². The van der Waals surface area contributed by atoms with Gasteiger partial charge in [-0.2, -0.15) is 0 Å². The number of benzene rings is 1. The molecule has 0 heterocycles. The summed E-state index contributed by atoms with van der Waals surface area (Å²) in [4.78, 5) is 0. The standard InChI is InChI=1S/C13H17Cl/c1-10(12-7-8-12)13(14)9-11-5-3-2-4-6-11/h2-6,10,12-13H,7-9H2,1H3. The average molecular weight is 209 g/mol. The Kier molecular flexibility index (Phi) is 3.12. The van der Waals surface area contributed by atoms with Crippen molar-refractivity contribution in [2.75, 3.05) is 0 Å². The molecule has 2 unspecified atom stereocenters. The lowest BCUT2D eigenvalue weighted by Gasteiger charge is -2.17. The largest absolute Gasteiger partial charge is 0.122 e. The van der Waals surface area contributed by atoms with Crippen LogP contribution in [0.15, 0.2) is 30.3 Å². The summed E-state index contributed by atoms with van der Waals surface area (Å²) in [5, 5.41) is 0.310. The van der Waals surface area contributed by atoms with Crippen LogP contribution < -0.4 is 0 Å². The fourth-order valence-corrected chi connectivity index (χ4v) is 2.33.